The Morgan fingerprint density at radius 1 is 1.03 bits per heavy atom. The van der Waals surface area contributed by atoms with Gasteiger partial charge in [-0.15, -0.1) is 0 Å². The Morgan fingerprint density at radius 3 is 2.42 bits per heavy atom. The van der Waals surface area contributed by atoms with E-state index in [1.165, 1.54) is 18.4 Å². The summed E-state index contributed by atoms with van der Waals surface area (Å²) in [5.41, 5.74) is 1.18. The fourth-order valence-electron chi connectivity index (χ4n) is 4.34. The summed E-state index contributed by atoms with van der Waals surface area (Å²) in [4.78, 5) is 13.9. The summed E-state index contributed by atoms with van der Waals surface area (Å²) >= 11 is 0. The van der Waals surface area contributed by atoms with Crippen LogP contribution in [0.1, 0.15) is 38.2 Å². The lowest BCUT2D eigenvalue weighted by molar-refractivity contribution is 0.129. The van der Waals surface area contributed by atoms with Crippen LogP contribution in [0.5, 0.6) is 5.75 Å². The first-order valence-corrected chi connectivity index (χ1v) is 11.6. The van der Waals surface area contributed by atoms with Gasteiger partial charge in [-0.05, 0) is 42.5 Å². The van der Waals surface area contributed by atoms with Gasteiger partial charge in [-0.3, -0.25) is 4.99 Å². The van der Waals surface area contributed by atoms with E-state index < -0.39 is 0 Å². The van der Waals surface area contributed by atoms with E-state index in [0.717, 1.165) is 69.0 Å². The van der Waals surface area contributed by atoms with Crippen molar-refractivity contribution in [3.05, 3.63) is 54.2 Å². The van der Waals surface area contributed by atoms with E-state index in [1.54, 1.807) is 0 Å². The number of nitrogens with one attached hydrogen (secondary N) is 1. The van der Waals surface area contributed by atoms with Gasteiger partial charge in [-0.1, -0.05) is 31.2 Å². The van der Waals surface area contributed by atoms with Crippen molar-refractivity contribution in [2.24, 2.45) is 10.9 Å². The Labute approximate surface area is 186 Å². The lowest BCUT2D eigenvalue weighted by atomic mass is 9.99. The summed E-state index contributed by atoms with van der Waals surface area (Å²) in [5.74, 6) is 3.84. The van der Waals surface area contributed by atoms with Crippen LogP contribution in [0.2, 0.25) is 0 Å². The molecule has 0 radical (unpaired) electrons. The monoisotopic (exact) mass is 421 g/mol. The van der Waals surface area contributed by atoms with Crippen molar-refractivity contribution >= 4 is 11.8 Å². The van der Waals surface area contributed by atoms with Gasteiger partial charge in [-0.25, -0.2) is 4.98 Å². The number of para-hydroxylation sites is 1. The van der Waals surface area contributed by atoms with Crippen molar-refractivity contribution in [2.75, 3.05) is 38.1 Å². The first-order chi connectivity index (χ1) is 15.2. The Morgan fingerprint density at radius 2 is 1.77 bits per heavy atom. The number of aliphatic imine (C=N–C) groups is 1. The van der Waals surface area contributed by atoms with E-state index in [9.17, 15) is 0 Å². The molecule has 2 aromatic rings. The van der Waals surface area contributed by atoms with E-state index >= 15 is 0 Å². The summed E-state index contributed by atoms with van der Waals surface area (Å²) in [6.45, 7) is 7.19. The van der Waals surface area contributed by atoms with E-state index in [0.29, 0.717) is 0 Å². The second-order valence-corrected chi connectivity index (χ2v) is 8.71. The largest absolute Gasteiger partial charge is 0.490 e. The second-order valence-electron chi connectivity index (χ2n) is 8.71. The number of ether oxygens (including phenoxy) is 1. The quantitative estimate of drug-likeness (QED) is 0.585. The smallest absolute Gasteiger partial charge is 0.193 e. The summed E-state index contributed by atoms with van der Waals surface area (Å²) in [5, 5.41) is 3.51. The molecule has 2 aliphatic heterocycles. The molecule has 2 aliphatic rings. The third kappa shape index (κ3) is 5.90. The van der Waals surface area contributed by atoms with Crippen LogP contribution in [0, 0.1) is 5.92 Å². The highest BCUT2D eigenvalue weighted by Crippen LogP contribution is 2.21. The number of likely N-dealkylation sites (tertiary alicyclic amines) is 1. The minimum Gasteiger partial charge on any atom is -0.490 e. The number of piperidine rings is 2. The fourth-order valence-corrected chi connectivity index (χ4v) is 4.34. The number of hydrogen-bond donors (Lipinski definition) is 1. The molecule has 166 valence electrons. The van der Waals surface area contributed by atoms with Crippen molar-refractivity contribution in [3.8, 4) is 5.75 Å². The van der Waals surface area contributed by atoms with Gasteiger partial charge in [0.1, 0.15) is 17.7 Å². The van der Waals surface area contributed by atoms with Crippen molar-refractivity contribution in [3.63, 3.8) is 0 Å². The third-order valence-electron chi connectivity index (χ3n) is 6.37. The van der Waals surface area contributed by atoms with Crippen LogP contribution in [0.3, 0.4) is 0 Å². The molecule has 6 nitrogen and oxygen atoms in total. The molecular weight excluding hydrogens is 386 g/mol. The Balaban J connectivity index is 1.23. The molecule has 0 amide bonds. The van der Waals surface area contributed by atoms with Gasteiger partial charge < -0.3 is 19.9 Å². The van der Waals surface area contributed by atoms with Gasteiger partial charge in [0.05, 0.1) is 0 Å². The Bertz CT molecular complexity index is 823. The van der Waals surface area contributed by atoms with Crippen LogP contribution in [0.15, 0.2) is 53.7 Å². The van der Waals surface area contributed by atoms with Crippen molar-refractivity contribution in [1.29, 1.82) is 0 Å². The van der Waals surface area contributed by atoms with Gasteiger partial charge >= 0.3 is 0 Å². The van der Waals surface area contributed by atoms with Gasteiger partial charge in [0.2, 0.25) is 0 Å². The minimum atomic E-state index is 0.270. The van der Waals surface area contributed by atoms with Crippen LogP contribution in [0.4, 0.5) is 5.82 Å². The number of nitrogens with zero attached hydrogens (tertiary/aromatic N) is 4. The number of aromatic nitrogens is 1. The summed E-state index contributed by atoms with van der Waals surface area (Å²) in [6, 6.07) is 14.4. The highest BCUT2D eigenvalue weighted by Gasteiger charge is 2.23. The molecule has 2 fully saturated rings. The van der Waals surface area contributed by atoms with Gasteiger partial charge in [0, 0.05) is 58.8 Å². The van der Waals surface area contributed by atoms with Crippen molar-refractivity contribution in [1.82, 2.24) is 15.2 Å². The van der Waals surface area contributed by atoms with Crippen LogP contribution >= 0.6 is 0 Å². The minimum absolute atomic E-state index is 0.270. The maximum atomic E-state index is 6.11. The zero-order valence-corrected chi connectivity index (χ0v) is 18.8. The SMILES string of the molecule is CN=C(NCc1ccc(N2CCC(C)CC2)nc1)N1CCC(Oc2ccccc2)CC1. The molecular formula is C25H35N5O. The van der Waals surface area contributed by atoms with Crippen molar-refractivity contribution < 1.29 is 4.74 Å². The second kappa shape index (κ2) is 10.5. The fraction of sp³-hybridized carbons (Fsp3) is 0.520. The first kappa shape index (κ1) is 21.5. The predicted octanol–water partition coefficient (Wildman–Crippen LogP) is 3.94. The molecule has 6 heteroatoms. The normalized spacial score (nSPS) is 18.8. The summed E-state index contributed by atoms with van der Waals surface area (Å²) in [6.07, 6.45) is 6.78. The van der Waals surface area contributed by atoms with E-state index in [1.807, 2.05) is 43.6 Å². The molecule has 0 unspecified atom stereocenters. The highest BCUT2D eigenvalue weighted by atomic mass is 16.5. The standard InChI is InChI=1S/C25H35N5O/c1-20-10-14-29(15-11-20)24-9-8-21(18-27-24)19-28-25(26-2)30-16-12-23(13-17-30)31-22-6-4-3-5-7-22/h3-9,18,20,23H,10-17,19H2,1-2H3,(H,26,28). The predicted molar refractivity (Wildman–Crippen MR) is 127 cm³/mol. The third-order valence-corrected chi connectivity index (χ3v) is 6.37. The lowest BCUT2D eigenvalue weighted by Gasteiger charge is -2.34. The first-order valence-electron chi connectivity index (χ1n) is 11.6. The molecule has 4 rings (SSSR count). The number of guanidine groups is 1. The molecule has 0 spiro atoms. The number of pyridine rings is 1. The van der Waals surface area contributed by atoms with Crippen LogP contribution in [-0.2, 0) is 6.54 Å². The molecule has 31 heavy (non-hydrogen) atoms. The maximum absolute atomic E-state index is 6.11. The molecule has 1 N–H and O–H groups in total. The summed E-state index contributed by atoms with van der Waals surface area (Å²) < 4.78 is 6.11. The average Bonchev–Trinajstić information content (AvgIpc) is 2.82. The Hall–Kier alpha value is -2.76. The molecule has 2 saturated heterocycles. The maximum Gasteiger partial charge on any atom is 0.193 e. The van der Waals surface area contributed by atoms with Crippen molar-refractivity contribution in [2.45, 2.75) is 45.3 Å². The molecule has 0 aliphatic carbocycles. The number of hydrogen-bond acceptors (Lipinski definition) is 4. The topological polar surface area (TPSA) is 53.0 Å². The molecule has 1 aromatic heterocycles. The lowest BCUT2D eigenvalue weighted by Crippen LogP contribution is -2.47. The average molecular weight is 422 g/mol. The number of benzene rings is 1. The number of anilines is 1. The molecule has 0 saturated carbocycles. The van der Waals surface area contributed by atoms with E-state index in [2.05, 4.69) is 39.2 Å². The Kier molecular flexibility index (Phi) is 7.28. The van der Waals surface area contributed by atoms with Crippen LogP contribution in [0.25, 0.3) is 0 Å². The van der Waals surface area contributed by atoms with E-state index in [-0.39, 0.29) is 6.10 Å². The molecule has 0 bridgehead atoms. The zero-order chi connectivity index (χ0) is 21.5. The van der Waals surface area contributed by atoms with Crippen LogP contribution in [-0.4, -0.2) is 55.2 Å². The molecule has 1 aromatic carbocycles. The van der Waals surface area contributed by atoms with Gasteiger partial charge in [0.15, 0.2) is 5.96 Å². The zero-order valence-electron chi connectivity index (χ0n) is 18.8. The summed E-state index contributed by atoms with van der Waals surface area (Å²) in [7, 11) is 1.85. The van der Waals surface area contributed by atoms with E-state index in [4.69, 9.17) is 9.72 Å². The van der Waals surface area contributed by atoms with Crippen LogP contribution < -0.4 is 15.0 Å². The van der Waals surface area contributed by atoms with Gasteiger partial charge in [-0.2, -0.15) is 0 Å². The number of rotatable bonds is 5. The highest BCUT2D eigenvalue weighted by molar-refractivity contribution is 5.80. The molecule has 3 heterocycles. The van der Waals surface area contributed by atoms with Gasteiger partial charge in [0.25, 0.3) is 0 Å². The molecule has 0 atom stereocenters.